The highest BCUT2D eigenvalue weighted by Crippen LogP contribution is 2.29. The zero-order valence-corrected chi connectivity index (χ0v) is 15.2. The number of nitrogens with one attached hydrogen (secondary N) is 1. The van der Waals surface area contributed by atoms with Crippen LogP contribution in [-0.2, 0) is 4.79 Å². The summed E-state index contributed by atoms with van der Waals surface area (Å²) in [5.74, 6) is -0.207. The Morgan fingerprint density at radius 1 is 1.14 bits per heavy atom. The molecule has 7 heteroatoms. The van der Waals surface area contributed by atoms with Crippen LogP contribution in [0.1, 0.15) is 35.0 Å². The minimum absolute atomic E-state index is 0.108. The molecule has 0 aliphatic carbocycles. The maximum atomic E-state index is 13.2. The summed E-state index contributed by atoms with van der Waals surface area (Å²) in [6.07, 6.45) is 1.52. The summed E-state index contributed by atoms with van der Waals surface area (Å²) < 4.78 is 19.0. The molecule has 6 nitrogen and oxygen atoms in total. The van der Waals surface area contributed by atoms with E-state index in [0.29, 0.717) is 19.0 Å². The molecule has 4 rings (SSSR count). The van der Waals surface area contributed by atoms with Crippen molar-refractivity contribution in [2.75, 3.05) is 19.6 Å². The number of oxazole rings is 1. The first-order valence-corrected chi connectivity index (χ1v) is 9.27. The van der Waals surface area contributed by atoms with Gasteiger partial charge in [0.15, 0.2) is 11.5 Å². The fraction of sp³-hybridized carbons (Fsp3) is 0.286. The van der Waals surface area contributed by atoms with Crippen LogP contribution in [0.25, 0.3) is 11.1 Å². The van der Waals surface area contributed by atoms with E-state index in [0.717, 1.165) is 30.0 Å². The van der Waals surface area contributed by atoms with E-state index in [1.54, 1.807) is 4.90 Å². The van der Waals surface area contributed by atoms with Crippen molar-refractivity contribution in [2.45, 2.75) is 18.8 Å². The normalized spacial score (nSPS) is 15.0. The quantitative estimate of drug-likeness (QED) is 0.754. The highest BCUT2D eigenvalue weighted by atomic mass is 19.1. The van der Waals surface area contributed by atoms with Gasteiger partial charge in [-0.05, 0) is 43.2 Å². The van der Waals surface area contributed by atoms with Crippen molar-refractivity contribution in [3.8, 4) is 0 Å². The standard InChI is InChI=1S/C21H20FN3O3/c22-16-5-3-4-15(12-16)20(27)23-13-19(26)25-10-8-14(9-11-25)21-24-17-6-1-2-7-18(17)28-21/h1-7,12,14H,8-11,13H2,(H,23,27). The van der Waals surface area contributed by atoms with Gasteiger partial charge in [-0.3, -0.25) is 9.59 Å². The number of benzene rings is 2. The molecule has 0 saturated carbocycles. The smallest absolute Gasteiger partial charge is 0.251 e. The second kappa shape index (κ2) is 7.80. The van der Waals surface area contributed by atoms with E-state index < -0.39 is 11.7 Å². The lowest BCUT2D eigenvalue weighted by molar-refractivity contribution is -0.131. The third kappa shape index (κ3) is 3.88. The van der Waals surface area contributed by atoms with Gasteiger partial charge < -0.3 is 14.6 Å². The molecule has 1 fully saturated rings. The van der Waals surface area contributed by atoms with Crippen molar-refractivity contribution in [3.05, 3.63) is 65.8 Å². The van der Waals surface area contributed by atoms with Gasteiger partial charge in [-0.25, -0.2) is 9.37 Å². The number of likely N-dealkylation sites (tertiary alicyclic amines) is 1. The van der Waals surface area contributed by atoms with Crippen molar-refractivity contribution >= 4 is 22.9 Å². The first kappa shape index (κ1) is 18.2. The maximum absolute atomic E-state index is 13.2. The van der Waals surface area contributed by atoms with Crippen LogP contribution >= 0.6 is 0 Å². The minimum Gasteiger partial charge on any atom is -0.440 e. The van der Waals surface area contributed by atoms with Gasteiger partial charge in [0.1, 0.15) is 11.3 Å². The van der Waals surface area contributed by atoms with Gasteiger partial charge in [0.2, 0.25) is 5.91 Å². The first-order valence-electron chi connectivity index (χ1n) is 9.27. The Hall–Kier alpha value is -3.22. The largest absolute Gasteiger partial charge is 0.440 e. The summed E-state index contributed by atoms with van der Waals surface area (Å²) in [5.41, 5.74) is 1.81. The third-order valence-corrected chi connectivity index (χ3v) is 4.99. The van der Waals surface area contributed by atoms with Crippen LogP contribution in [0.4, 0.5) is 4.39 Å². The Bertz CT molecular complexity index is 976. The summed E-state index contributed by atoms with van der Waals surface area (Å²) in [6.45, 7) is 1.05. The molecule has 2 amide bonds. The minimum atomic E-state index is -0.486. The summed E-state index contributed by atoms with van der Waals surface area (Å²) in [6, 6.07) is 13.0. The van der Waals surface area contributed by atoms with Gasteiger partial charge >= 0.3 is 0 Å². The number of carbonyl (C=O) groups excluding carboxylic acids is 2. The van der Waals surface area contributed by atoms with Crippen LogP contribution in [-0.4, -0.2) is 41.3 Å². The van der Waals surface area contributed by atoms with Crippen molar-refractivity contribution in [1.29, 1.82) is 0 Å². The molecule has 2 heterocycles. The highest BCUT2D eigenvalue weighted by molar-refractivity contribution is 5.96. The fourth-order valence-electron chi connectivity index (χ4n) is 3.44. The predicted molar refractivity (Wildman–Crippen MR) is 101 cm³/mol. The zero-order chi connectivity index (χ0) is 19.5. The van der Waals surface area contributed by atoms with E-state index in [-0.39, 0.29) is 23.9 Å². The summed E-state index contributed by atoms with van der Waals surface area (Å²) in [5, 5.41) is 2.56. The van der Waals surface area contributed by atoms with Crippen molar-refractivity contribution < 1.29 is 18.4 Å². The molecule has 144 valence electrons. The number of piperidine rings is 1. The maximum Gasteiger partial charge on any atom is 0.251 e. The summed E-state index contributed by atoms with van der Waals surface area (Å²) in [7, 11) is 0. The van der Waals surface area contributed by atoms with E-state index in [1.807, 2.05) is 24.3 Å². The lowest BCUT2D eigenvalue weighted by atomic mass is 9.97. The lowest BCUT2D eigenvalue weighted by Crippen LogP contribution is -2.43. The molecule has 0 atom stereocenters. The summed E-state index contributed by atoms with van der Waals surface area (Å²) in [4.78, 5) is 30.7. The van der Waals surface area contributed by atoms with Gasteiger partial charge in [0, 0.05) is 24.6 Å². The average molecular weight is 381 g/mol. The summed E-state index contributed by atoms with van der Waals surface area (Å²) >= 11 is 0. The number of aromatic nitrogens is 1. The van der Waals surface area contributed by atoms with Crippen molar-refractivity contribution in [2.24, 2.45) is 0 Å². The van der Waals surface area contributed by atoms with Crippen LogP contribution in [0.5, 0.6) is 0 Å². The molecule has 0 spiro atoms. The van der Waals surface area contributed by atoms with Gasteiger partial charge in [-0.15, -0.1) is 0 Å². The Morgan fingerprint density at radius 2 is 1.93 bits per heavy atom. The van der Waals surface area contributed by atoms with Gasteiger partial charge in [-0.1, -0.05) is 18.2 Å². The zero-order valence-electron chi connectivity index (χ0n) is 15.2. The monoisotopic (exact) mass is 381 g/mol. The number of nitrogens with zero attached hydrogens (tertiary/aromatic N) is 2. The number of hydrogen-bond acceptors (Lipinski definition) is 4. The molecule has 1 aliphatic heterocycles. The van der Waals surface area contributed by atoms with E-state index in [1.165, 1.54) is 18.2 Å². The molecule has 2 aromatic carbocycles. The molecule has 1 aromatic heterocycles. The molecule has 0 bridgehead atoms. The highest BCUT2D eigenvalue weighted by Gasteiger charge is 2.27. The number of amides is 2. The Kier molecular flexibility index (Phi) is 5.06. The van der Waals surface area contributed by atoms with E-state index in [2.05, 4.69) is 10.3 Å². The topological polar surface area (TPSA) is 75.4 Å². The van der Waals surface area contributed by atoms with Crippen LogP contribution in [0.15, 0.2) is 52.9 Å². The molecule has 1 saturated heterocycles. The number of halogens is 1. The Morgan fingerprint density at radius 3 is 2.68 bits per heavy atom. The lowest BCUT2D eigenvalue weighted by Gasteiger charge is -2.30. The molecule has 1 N–H and O–H groups in total. The Labute approximate surface area is 161 Å². The van der Waals surface area contributed by atoms with Crippen LogP contribution in [0.2, 0.25) is 0 Å². The molecule has 0 radical (unpaired) electrons. The average Bonchev–Trinajstić information content (AvgIpc) is 3.16. The fourth-order valence-corrected chi connectivity index (χ4v) is 3.44. The Balaban J connectivity index is 1.29. The first-order chi connectivity index (χ1) is 13.6. The third-order valence-electron chi connectivity index (χ3n) is 4.99. The van der Waals surface area contributed by atoms with Crippen LogP contribution in [0, 0.1) is 5.82 Å². The molecular weight excluding hydrogens is 361 g/mol. The molecular formula is C21H20FN3O3. The van der Waals surface area contributed by atoms with Crippen molar-refractivity contribution in [1.82, 2.24) is 15.2 Å². The van der Waals surface area contributed by atoms with E-state index >= 15 is 0 Å². The second-order valence-corrected chi connectivity index (χ2v) is 6.87. The number of rotatable bonds is 4. The number of hydrogen-bond donors (Lipinski definition) is 1. The number of fused-ring (bicyclic) bond motifs is 1. The van der Waals surface area contributed by atoms with Crippen LogP contribution < -0.4 is 5.32 Å². The van der Waals surface area contributed by atoms with Crippen molar-refractivity contribution in [3.63, 3.8) is 0 Å². The molecule has 1 aliphatic rings. The van der Waals surface area contributed by atoms with Crippen LogP contribution in [0.3, 0.4) is 0 Å². The van der Waals surface area contributed by atoms with E-state index in [9.17, 15) is 14.0 Å². The molecule has 0 unspecified atom stereocenters. The van der Waals surface area contributed by atoms with Gasteiger partial charge in [0.25, 0.3) is 5.91 Å². The molecule has 28 heavy (non-hydrogen) atoms. The van der Waals surface area contributed by atoms with Gasteiger partial charge in [-0.2, -0.15) is 0 Å². The number of para-hydroxylation sites is 2. The molecule has 3 aromatic rings. The number of carbonyl (C=O) groups is 2. The predicted octanol–water partition coefficient (Wildman–Crippen LogP) is 3.10. The van der Waals surface area contributed by atoms with Gasteiger partial charge in [0.05, 0.1) is 6.54 Å². The second-order valence-electron chi connectivity index (χ2n) is 6.87. The van der Waals surface area contributed by atoms with E-state index in [4.69, 9.17) is 4.42 Å². The SMILES string of the molecule is O=C(NCC(=O)N1CCC(c2nc3ccccc3o2)CC1)c1cccc(F)c1.